The molecule has 0 aliphatic heterocycles. The fourth-order valence-corrected chi connectivity index (χ4v) is 2.82. The van der Waals surface area contributed by atoms with E-state index >= 15 is 0 Å². The van der Waals surface area contributed by atoms with E-state index in [1.165, 1.54) is 11.1 Å². The van der Waals surface area contributed by atoms with E-state index in [9.17, 15) is 0 Å². The topological polar surface area (TPSA) is 29.3 Å². The predicted octanol–water partition coefficient (Wildman–Crippen LogP) is 4.53. The lowest BCUT2D eigenvalue weighted by molar-refractivity contribution is 0.800. The minimum absolute atomic E-state index is 0.430. The summed E-state index contributed by atoms with van der Waals surface area (Å²) < 4.78 is 0. The Morgan fingerprint density at radius 1 is 0.708 bits per heavy atom. The van der Waals surface area contributed by atoms with Gasteiger partial charge in [-0.1, -0.05) is 72.9 Å². The molecule has 0 aliphatic carbocycles. The number of anilines is 1. The highest BCUT2D eigenvalue weighted by Gasteiger charge is 2.09. The van der Waals surface area contributed by atoms with Gasteiger partial charge in [0, 0.05) is 24.3 Å². The summed E-state index contributed by atoms with van der Waals surface area (Å²) in [6.45, 7) is 1.70. The number of hydrogen-bond acceptors (Lipinski definition) is 2. The zero-order valence-corrected chi connectivity index (χ0v) is 14.2. The number of rotatable bonds is 6. The summed E-state index contributed by atoms with van der Waals surface area (Å²) in [6, 6.07) is 29.1. The normalized spacial score (nSPS) is 10.3. The summed E-state index contributed by atoms with van der Waals surface area (Å²) >= 11 is 5.05. The molecule has 2 N–H and O–H groups in total. The number of hydrogen-bond donors (Lipinski definition) is 1. The van der Waals surface area contributed by atoms with Crippen molar-refractivity contribution in [2.75, 3.05) is 4.90 Å². The lowest BCUT2D eigenvalue weighted by Gasteiger charge is -2.25. The third kappa shape index (κ3) is 4.21. The average Bonchev–Trinajstić information content (AvgIpc) is 2.63. The first kappa shape index (κ1) is 16.2. The van der Waals surface area contributed by atoms with Gasteiger partial charge in [0.05, 0.1) is 0 Å². The van der Waals surface area contributed by atoms with Crippen LogP contribution in [0.1, 0.15) is 16.7 Å². The van der Waals surface area contributed by atoms with Gasteiger partial charge in [-0.25, -0.2) is 0 Å². The third-order valence-electron chi connectivity index (χ3n) is 3.95. The van der Waals surface area contributed by atoms with Crippen LogP contribution in [-0.4, -0.2) is 4.99 Å². The fraction of sp³-hybridized carbons (Fsp3) is 0.0952. The molecule has 2 nitrogen and oxygen atoms in total. The summed E-state index contributed by atoms with van der Waals surface area (Å²) in [5.41, 5.74) is 10.3. The van der Waals surface area contributed by atoms with E-state index in [-0.39, 0.29) is 0 Å². The van der Waals surface area contributed by atoms with Crippen LogP contribution in [0.25, 0.3) is 0 Å². The van der Waals surface area contributed by atoms with Crippen LogP contribution >= 0.6 is 12.2 Å². The fourth-order valence-electron chi connectivity index (χ4n) is 2.68. The van der Waals surface area contributed by atoms with E-state index in [1.54, 1.807) is 0 Å². The maximum absolute atomic E-state index is 5.70. The number of thiocarbonyl (C=S) groups is 1. The molecule has 3 aromatic rings. The van der Waals surface area contributed by atoms with Gasteiger partial charge in [-0.05, 0) is 35.4 Å². The molecule has 120 valence electrons. The summed E-state index contributed by atoms with van der Waals surface area (Å²) in [4.78, 5) is 2.79. The van der Waals surface area contributed by atoms with Crippen molar-refractivity contribution >= 4 is 22.9 Å². The quantitative estimate of drug-likeness (QED) is 0.673. The zero-order chi connectivity index (χ0) is 16.8. The van der Waals surface area contributed by atoms with E-state index in [1.807, 2.05) is 24.3 Å². The van der Waals surface area contributed by atoms with Crippen LogP contribution in [0.2, 0.25) is 0 Å². The Labute approximate surface area is 148 Å². The van der Waals surface area contributed by atoms with Crippen LogP contribution in [0.4, 0.5) is 5.69 Å². The van der Waals surface area contributed by atoms with Gasteiger partial charge >= 0.3 is 0 Å². The number of nitrogens with zero attached hydrogens (tertiary/aromatic N) is 1. The zero-order valence-electron chi connectivity index (χ0n) is 13.4. The van der Waals surface area contributed by atoms with Crippen LogP contribution in [0.15, 0.2) is 84.9 Å². The highest BCUT2D eigenvalue weighted by Crippen LogP contribution is 2.21. The van der Waals surface area contributed by atoms with Gasteiger partial charge in [-0.15, -0.1) is 0 Å². The van der Waals surface area contributed by atoms with Gasteiger partial charge in [0.25, 0.3) is 0 Å². The van der Waals surface area contributed by atoms with Gasteiger partial charge in [0.2, 0.25) is 0 Å². The lowest BCUT2D eigenvalue weighted by atomic mass is 10.1. The van der Waals surface area contributed by atoms with Crippen LogP contribution in [0.3, 0.4) is 0 Å². The molecule has 0 unspecified atom stereocenters. The summed E-state index contributed by atoms with van der Waals surface area (Å²) in [5.74, 6) is 0. The first-order chi connectivity index (χ1) is 11.7. The Kier molecular flexibility index (Phi) is 5.24. The Morgan fingerprint density at radius 3 is 1.58 bits per heavy atom. The highest BCUT2D eigenvalue weighted by atomic mass is 32.1. The molecule has 0 bridgehead atoms. The molecule has 0 atom stereocenters. The average molecular weight is 332 g/mol. The third-order valence-corrected chi connectivity index (χ3v) is 4.19. The maximum atomic E-state index is 5.70. The predicted molar refractivity (Wildman–Crippen MR) is 105 cm³/mol. The first-order valence-electron chi connectivity index (χ1n) is 7.95. The second-order valence-electron chi connectivity index (χ2n) is 5.74. The molecule has 0 aliphatic rings. The van der Waals surface area contributed by atoms with E-state index < -0.39 is 0 Å². The summed E-state index contributed by atoms with van der Waals surface area (Å²) in [7, 11) is 0. The molecule has 0 fully saturated rings. The lowest BCUT2D eigenvalue weighted by Crippen LogP contribution is -2.22. The van der Waals surface area contributed by atoms with Crippen molar-refractivity contribution in [2.45, 2.75) is 13.1 Å². The second-order valence-corrected chi connectivity index (χ2v) is 6.18. The molecule has 0 spiro atoms. The van der Waals surface area contributed by atoms with E-state index in [0.29, 0.717) is 4.99 Å². The molecule has 24 heavy (non-hydrogen) atoms. The Balaban J connectivity index is 1.87. The Hall–Kier alpha value is -2.65. The minimum Gasteiger partial charge on any atom is -0.389 e. The van der Waals surface area contributed by atoms with Gasteiger partial charge in [-0.3, -0.25) is 0 Å². The molecule has 3 heteroatoms. The second kappa shape index (κ2) is 7.75. The standard InChI is InChI=1S/C21H20N2S/c22-21(24)19-11-13-20(14-12-19)23(15-17-7-3-1-4-8-17)16-18-9-5-2-6-10-18/h1-14H,15-16H2,(H2,22,24). The van der Waals surface area contributed by atoms with Crippen LogP contribution < -0.4 is 10.6 Å². The first-order valence-corrected chi connectivity index (χ1v) is 8.36. The van der Waals surface area contributed by atoms with Crippen molar-refractivity contribution < 1.29 is 0 Å². The molecule has 0 radical (unpaired) electrons. The highest BCUT2D eigenvalue weighted by molar-refractivity contribution is 7.80. The molecule has 0 saturated carbocycles. The van der Waals surface area contributed by atoms with Crippen LogP contribution in [0, 0.1) is 0 Å². The molecule has 3 aromatic carbocycles. The minimum atomic E-state index is 0.430. The van der Waals surface area contributed by atoms with Crippen LogP contribution in [0.5, 0.6) is 0 Å². The van der Waals surface area contributed by atoms with Crippen molar-refractivity contribution in [3.8, 4) is 0 Å². The largest absolute Gasteiger partial charge is 0.389 e. The van der Waals surface area contributed by atoms with Crippen molar-refractivity contribution in [3.05, 3.63) is 102 Å². The van der Waals surface area contributed by atoms with E-state index in [2.05, 4.69) is 65.6 Å². The smallest absolute Gasteiger partial charge is 0.103 e. The molecule has 0 saturated heterocycles. The maximum Gasteiger partial charge on any atom is 0.103 e. The van der Waals surface area contributed by atoms with Gasteiger partial charge in [-0.2, -0.15) is 0 Å². The number of benzene rings is 3. The van der Waals surface area contributed by atoms with Crippen molar-refractivity contribution in [1.82, 2.24) is 0 Å². The summed E-state index contributed by atoms with van der Waals surface area (Å²) in [6.07, 6.45) is 0. The molecule has 0 aromatic heterocycles. The van der Waals surface area contributed by atoms with Crippen molar-refractivity contribution in [2.24, 2.45) is 5.73 Å². The summed E-state index contributed by atoms with van der Waals surface area (Å²) in [5, 5.41) is 0. The van der Waals surface area contributed by atoms with E-state index in [0.717, 1.165) is 24.3 Å². The molecule has 3 rings (SSSR count). The van der Waals surface area contributed by atoms with E-state index in [4.69, 9.17) is 18.0 Å². The van der Waals surface area contributed by atoms with Crippen molar-refractivity contribution in [3.63, 3.8) is 0 Å². The van der Waals surface area contributed by atoms with Crippen molar-refractivity contribution in [1.29, 1.82) is 0 Å². The molecular weight excluding hydrogens is 312 g/mol. The molecule has 0 heterocycles. The molecule has 0 amide bonds. The number of nitrogens with two attached hydrogens (primary N) is 1. The van der Waals surface area contributed by atoms with Crippen LogP contribution in [-0.2, 0) is 13.1 Å². The molecular formula is C21H20N2S. The monoisotopic (exact) mass is 332 g/mol. The van der Waals surface area contributed by atoms with Gasteiger partial charge < -0.3 is 10.6 Å². The SMILES string of the molecule is NC(=S)c1ccc(N(Cc2ccccc2)Cc2ccccc2)cc1. The Bertz CT molecular complexity index is 742. The Morgan fingerprint density at radius 2 is 1.17 bits per heavy atom. The van der Waals surface area contributed by atoms with Gasteiger partial charge in [0.15, 0.2) is 0 Å². The van der Waals surface area contributed by atoms with Gasteiger partial charge in [0.1, 0.15) is 4.99 Å².